The molecule has 1 heterocycles. The quantitative estimate of drug-likeness (QED) is 0.141. The Morgan fingerprint density at radius 3 is 2.71 bits per heavy atom. The van der Waals surface area contributed by atoms with E-state index in [1.54, 1.807) is 13.0 Å². The van der Waals surface area contributed by atoms with Crippen LogP contribution in [0.1, 0.15) is 83.8 Å². The second-order valence-electron chi connectivity index (χ2n) is 12.2. The van der Waals surface area contributed by atoms with E-state index in [1.807, 2.05) is 26.9 Å². The van der Waals surface area contributed by atoms with E-state index >= 15 is 0 Å². The molecule has 0 amide bonds. The summed E-state index contributed by atoms with van der Waals surface area (Å²) in [7, 11) is -2.39. The molecule has 1 fully saturated rings. The predicted molar refractivity (Wildman–Crippen MR) is 155 cm³/mol. The Balaban J connectivity index is 1.87. The van der Waals surface area contributed by atoms with E-state index in [-0.39, 0.29) is 40.6 Å². The Morgan fingerprint density at radius 1 is 1.32 bits per heavy atom. The summed E-state index contributed by atoms with van der Waals surface area (Å²) in [6.07, 6.45) is 8.19. The number of allylic oxidation sites excluding steroid dienone is 2. The van der Waals surface area contributed by atoms with Crippen LogP contribution < -0.4 is 4.74 Å². The van der Waals surface area contributed by atoms with E-state index in [0.717, 1.165) is 37.0 Å². The van der Waals surface area contributed by atoms with Crippen molar-refractivity contribution >= 4 is 20.1 Å². The monoisotopic (exact) mass is 538 g/mol. The number of rotatable bonds is 12. The molecule has 1 saturated carbocycles. The van der Waals surface area contributed by atoms with Gasteiger partial charge in [0.1, 0.15) is 11.9 Å². The van der Waals surface area contributed by atoms with Gasteiger partial charge in [0.25, 0.3) is 0 Å². The molecule has 3 rings (SSSR count). The number of ketones is 1. The average Bonchev–Trinajstić information content (AvgIpc) is 3.36. The smallest absolute Gasteiger partial charge is 0.305 e. The predicted octanol–water partition coefficient (Wildman–Crippen LogP) is 6.60. The molecule has 0 aromatic heterocycles. The van der Waals surface area contributed by atoms with Crippen LogP contribution in [0.4, 0.5) is 0 Å². The molecule has 2 aliphatic rings. The number of para-hydroxylation sites is 1. The maximum atomic E-state index is 12.9. The van der Waals surface area contributed by atoms with Gasteiger partial charge in [0.15, 0.2) is 14.1 Å². The molecule has 0 spiro atoms. The summed E-state index contributed by atoms with van der Waals surface area (Å²) in [6, 6.07) is 6.34. The van der Waals surface area contributed by atoms with Crippen molar-refractivity contribution < 1.29 is 23.9 Å². The molecule has 5 atom stereocenters. The number of ether oxygens (including phenoxy) is 2. The van der Waals surface area contributed by atoms with E-state index < -0.39 is 8.32 Å². The molecule has 38 heavy (non-hydrogen) atoms. The highest BCUT2D eigenvalue weighted by Crippen LogP contribution is 2.58. The minimum absolute atomic E-state index is 0.0496. The lowest BCUT2D eigenvalue weighted by molar-refractivity contribution is -0.143. The Hall–Kier alpha value is -2.36. The van der Waals surface area contributed by atoms with Gasteiger partial charge < -0.3 is 14.3 Å². The van der Waals surface area contributed by atoms with Crippen LogP contribution in [0.3, 0.4) is 0 Å². The van der Waals surface area contributed by atoms with Gasteiger partial charge in [-0.15, -0.1) is 11.8 Å². The molecular weight excluding hydrogens is 492 g/mol. The Labute approximate surface area is 230 Å². The van der Waals surface area contributed by atoms with Crippen LogP contribution in [0, 0.1) is 29.6 Å². The normalized spacial score (nSPS) is 23.3. The van der Waals surface area contributed by atoms with Gasteiger partial charge in [-0.2, -0.15) is 0 Å². The van der Waals surface area contributed by atoms with Crippen molar-refractivity contribution in [1.82, 2.24) is 0 Å². The summed E-state index contributed by atoms with van der Waals surface area (Å²) in [6.45, 7) is 14.4. The summed E-state index contributed by atoms with van der Waals surface area (Å²) in [5.41, 5.74) is 2.34. The average molecular weight is 539 g/mol. The van der Waals surface area contributed by atoms with Gasteiger partial charge in [-0.1, -0.05) is 45.0 Å². The fraction of sp³-hybridized carbons (Fsp3) is 0.625. The summed E-state index contributed by atoms with van der Waals surface area (Å²) in [4.78, 5) is 35.7. The van der Waals surface area contributed by atoms with Crippen molar-refractivity contribution in [2.75, 3.05) is 6.61 Å². The summed E-state index contributed by atoms with van der Waals surface area (Å²) >= 11 is 0. The molecule has 1 aliphatic carbocycles. The maximum absolute atomic E-state index is 12.9. The molecule has 5 nitrogen and oxygen atoms in total. The summed E-state index contributed by atoms with van der Waals surface area (Å²) < 4.78 is 11.7. The van der Waals surface area contributed by atoms with Crippen molar-refractivity contribution in [3.05, 3.63) is 41.5 Å². The Bertz CT molecular complexity index is 1090. The summed E-state index contributed by atoms with van der Waals surface area (Å²) in [5.74, 6) is 7.32. The lowest BCUT2D eigenvalue weighted by atomic mass is 9.80. The van der Waals surface area contributed by atoms with Crippen LogP contribution in [0.2, 0.25) is 18.1 Å². The zero-order valence-electron chi connectivity index (χ0n) is 24.3. The maximum Gasteiger partial charge on any atom is 0.305 e. The first-order valence-electron chi connectivity index (χ1n) is 14.2. The minimum Gasteiger partial charge on any atom is -0.489 e. The number of benzene rings is 1. The lowest BCUT2D eigenvalue weighted by Crippen LogP contribution is -2.40. The van der Waals surface area contributed by atoms with E-state index in [0.29, 0.717) is 25.4 Å². The van der Waals surface area contributed by atoms with Gasteiger partial charge in [-0.05, 0) is 81.1 Å². The van der Waals surface area contributed by atoms with E-state index in [1.165, 1.54) is 5.56 Å². The molecular formula is C32H46O5Si. The number of esters is 1. The second kappa shape index (κ2) is 12.7. The zero-order chi connectivity index (χ0) is 28.1. The third kappa shape index (κ3) is 6.98. The second-order valence-corrected chi connectivity index (χ2v) is 16.7. The van der Waals surface area contributed by atoms with Crippen molar-refractivity contribution in [2.24, 2.45) is 17.8 Å². The standard InChI is InChI=1S/C32H46O5Si/c1-8-10-13-22(3)27(33)19-18-25-24(21-32(4,5)38(6,7)35)20-28-30(25)26-16-11-14-23(31(26)37-28)15-12-17-29(34)36-9-2/h11,14,16,18-19,22,24-25,28,30,35H,9,12-13,15,17,20-21H2,1-7H3/b19-18+/t22-,24-,25-,28-,30-/m0/s1. The highest BCUT2D eigenvalue weighted by Gasteiger charge is 2.52. The fourth-order valence-electron chi connectivity index (χ4n) is 5.82. The number of carbonyl (C=O) groups is 2. The zero-order valence-corrected chi connectivity index (χ0v) is 25.3. The Kier molecular flexibility index (Phi) is 10.1. The van der Waals surface area contributed by atoms with Gasteiger partial charge >= 0.3 is 5.97 Å². The highest BCUT2D eigenvalue weighted by molar-refractivity contribution is 6.72. The molecule has 0 saturated heterocycles. The molecule has 1 aromatic rings. The third-order valence-corrected chi connectivity index (χ3v) is 12.3. The minimum atomic E-state index is -2.39. The molecule has 208 valence electrons. The Morgan fingerprint density at radius 2 is 2.05 bits per heavy atom. The van der Waals surface area contributed by atoms with Crippen LogP contribution >= 0.6 is 0 Å². The van der Waals surface area contributed by atoms with E-state index in [2.05, 4.69) is 50.0 Å². The van der Waals surface area contributed by atoms with Crippen LogP contribution in [0.15, 0.2) is 30.4 Å². The SMILES string of the molecule is CC#CC[C@H](C)C(=O)/C=C/[C@H]1[C@H](CC(C)(C)[Si](C)(C)O)C[C@@H]2Oc3c(CCCC(=O)OCC)cccc3[C@H]12. The number of hydrogen-bond donors (Lipinski definition) is 1. The first kappa shape index (κ1) is 30.2. The fourth-order valence-corrected chi connectivity index (χ4v) is 6.58. The van der Waals surface area contributed by atoms with Gasteiger partial charge in [0.2, 0.25) is 0 Å². The first-order chi connectivity index (χ1) is 17.9. The van der Waals surface area contributed by atoms with Crippen LogP contribution in [0.25, 0.3) is 0 Å². The largest absolute Gasteiger partial charge is 0.489 e. The topological polar surface area (TPSA) is 72.8 Å². The number of hydrogen-bond acceptors (Lipinski definition) is 5. The number of carbonyl (C=O) groups excluding carboxylic acids is 2. The first-order valence-corrected chi connectivity index (χ1v) is 17.1. The molecule has 0 unspecified atom stereocenters. The van der Waals surface area contributed by atoms with Crippen LogP contribution in [-0.2, 0) is 20.7 Å². The van der Waals surface area contributed by atoms with Crippen molar-refractivity contribution in [3.8, 4) is 17.6 Å². The van der Waals surface area contributed by atoms with Gasteiger partial charge in [-0.25, -0.2) is 0 Å². The third-order valence-electron chi connectivity index (χ3n) is 8.76. The van der Waals surface area contributed by atoms with Gasteiger partial charge in [0, 0.05) is 30.2 Å². The molecule has 0 radical (unpaired) electrons. The molecule has 0 bridgehead atoms. The van der Waals surface area contributed by atoms with Crippen molar-refractivity contribution in [1.29, 1.82) is 0 Å². The van der Waals surface area contributed by atoms with Crippen LogP contribution in [0.5, 0.6) is 5.75 Å². The van der Waals surface area contributed by atoms with E-state index in [9.17, 15) is 14.4 Å². The molecule has 1 aliphatic heterocycles. The van der Waals surface area contributed by atoms with Gasteiger partial charge in [0.05, 0.1) is 6.61 Å². The van der Waals surface area contributed by atoms with Crippen molar-refractivity contribution in [2.45, 2.75) is 103 Å². The van der Waals surface area contributed by atoms with Crippen molar-refractivity contribution in [3.63, 3.8) is 0 Å². The molecule has 1 N–H and O–H groups in total. The summed E-state index contributed by atoms with van der Waals surface area (Å²) in [5, 5.41) is -0.159. The number of fused-ring (bicyclic) bond motifs is 3. The highest BCUT2D eigenvalue weighted by atomic mass is 28.4. The molecule has 6 heteroatoms. The van der Waals surface area contributed by atoms with Crippen LogP contribution in [-0.4, -0.2) is 37.6 Å². The molecule has 1 aromatic carbocycles. The lowest BCUT2D eigenvalue weighted by Gasteiger charge is -2.38. The number of aryl methyl sites for hydroxylation is 1. The van der Waals surface area contributed by atoms with Gasteiger partial charge in [-0.3, -0.25) is 9.59 Å². The van der Waals surface area contributed by atoms with E-state index in [4.69, 9.17) is 9.47 Å².